The summed E-state index contributed by atoms with van der Waals surface area (Å²) in [6.07, 6.45) is -2.86. The molecule has 0 aliphatic rings. The molecule has 0 atom stereocenters. The lowest BCUT2D eigenvalue weighted by atomic mass is 10.3. The van der Waals surface area contributed by atoms with Gasteiger partial charge in [0, 0.05) is 6.07 Å². The van der Waals surface area contributed by atoms with Crippen LogP contribution in [-0.2, 0) is 16.0 Å². The van der Waals surface area contributed by atoms with Gasteiger partial charge in [0.2, 0.25) is 5.76 Å². The van der Waals surface area contributed by atoms with Crippen LogP contribution in [-0.4, -0.2) is 17.7 Å². The first-order chi connectivity index (χ1) is 6.63. The molecule has 0 fully saturated rings. The summed E-state index contributed by atoms with van der Waals surface area (Å²) in [5, 5.41) is 3.30. The van der Waals surface area contributed by atoms with Crippen LogP contribution in [0.5, 0.6) is 0 Å². The molecular formula is C8H9F2NO3. The quantitative estimate of drug-likeness (QED) is 0.702. The van der Waals surface area contributed by atoms with E-state index in [9.17, 15) is 13.6 Å². The largest absolute Gasteiger partial charge is 0.466 e. The number of hydrogen-bond acceptors (Lipinski definition) is 4. The third-order valence-electron chi connectivity index (χ3n) is 1.42. The minimum atomic E-state index is -2.71. The Morgan fingerprint density at radius 3 is 2.93 bits per heavy atom. The molecule has 6 heteroatoms. The van der Waals surface area contributed by atoms with Crippen molar-refractivity contribution in [1.82, 2.24) is 5.16 Å². The smallest absolute Gasteiger partial charge is 0.311 e. The third kappa shape index (κ3) is 2.79. The molecule has 0 aliphatic heterocycles. The van der Waals surface area contributed by atoms with Crippen molar-refractivity contribution < 1.29 is 22.8 Å². The van der Waals surface area contributed by atoms with Crippen molar-refractivity contribution in [2.45, 2.75) is 19.8 Å². The van der Waals surface area contributed by atoms with Gasteiger partial charge < -0.3 is 9.26 Å². The summed E-state index contributed by atoms with van der Waals surface area (Å²) in [7, 11) is 0. The predicted molar refractivity (Wildman–Crippen MR) is 41.8 cm³/mol. The number of nitrogens with zero attached hydrogens (tertiary/aromatic N) is 1. The van der Waals surface area contributed by atoms with Gasteiger partial charge in [-0.2, -0.15) is 0 Å². The minimum Gasteiger partial charge on any atom is -0.466 e. The number of esters is 1. The number of aromatic nitrogens is 1. The fourth-order valence-corrected chi connectivity index (χ4v) is 0.874. The molecule has 0 aromatic carbocycles. The van der Waals surface area contributed by atoms with Crippen molar-refractivity contribution in [2.24, 2.45) is 0 Å². The second-order valence-corrected chi connectivity index (χ2v) is 2.50. The van der Waals surface area contributed by atoms with Crippen molar-refractivity contribution >= 4 is 5.97 Å². The molecule has 0 N–H and O–H groups in total. The van der Waals surface area contributed by atoms with Crippen LogP contribution < -0.4 is 0 Å². The number of alkyl halides is 2. The van der Waals surface area contributed by atoms with Crippen molar-refractivity contribution in [3.05, 3.63) is 17.5 Å². The van der Waals surface area contributed by atoms with E-state index in [1.807, 2.05) is 0 Å². The lowest BCUT2D eigenvalue weighted by molar-refractivity contribution is -0.142. The third-order valence-corrected chi connectivity index (χ3v) is 1.42. The molecule has 0 aliphatic carbocycles. The van der Waals surface area contributed by atoms with Gasteiger partial charge in [0.1, 0.15) is 0 Å². The van der Waals surface area contributed by atoms with Crippen LogP contribution in [0.15, 0.2) is 10.6 Å². The lowest BCUT2D eigenvalue weighted by Gasteiger charge is -1.96. The zero-order valence-electron chi connectivity index (χ0n) is 7.50. The van der Waals surface area contributed by atoms with E-state index in [0.717, 1.165) is 6.07 Å². The van der Waals surface area contributed by atoms with Gasteiger partial charge in [-0.1, -0.05) is 5.16 Å². The van der Waals surface area contributed by atoms with E-state index >= 15 is 0 Å². The van der Waals surface area contributed by atoms with Crippen LogP contribution in [0.25, 0.3) is 0 Å². The molecule has 1 rings (SSSR count). The van der Waals surface area contributed by atoms with Gasteiger partial charge in [-0.15, -0.1) is 0 Å². The first kappa shape index (κ1) is 10.6. The molecule has 0 radical (unpaired) electrons. The van der Waals surface area contributed by atoms with Crippen molar-refractivity contribution in [3.8, 4) is 0 Å². The summed E-state index contributed by atoms with van der Waals surface area (Å²) in [6, 6.07) is 1.04. The molecule has 78 valence electrons. The van der Waals surface area contributed by atoms with Crippen molar-refractivity contribution in [1.29, 1.82) is 0 Å². The normalized spacial score (nSPS) is 10.6. The zero-order chi connectivity index (χ0) is 10.6. The summed E-state index contributed by atoms with van der Waals surface area (Å²) < 4.78 is 32.9. The van der Waals surface area contributed by atoms with Gasteiger partial charge in [0.05, 0.1) is 18.7 Å². The molecule has 14 heavy (non-hydrogen) atoms. The van der Waals surface area contributed by atoms with Gasteiger partial charge in [-0.05, 0) is 6.92 Å². The molecule has 0 saturated carbocycles. The van der Waals surface area contributed by atoms with Gasteiger partial charge in [-0.3, -0.25) is 4.79 Å². The Hall–Kier alpha value is -1.46. The average molecular weight is 205 g/mol. The highest BCUT2D eigenvalue weighted by atomic mass is 19.3. The Balaban J connectivity index is 2.55. The molecule has 1 aromatic heterocycles. The zero-order valence-corrected chi connectivity index (χ0v) is 7.50. The van der Waals surface area contributed by atoms with Gasteiger partial charge in [0.25, 0.3) is 6.43 Å². The summed E-state index contributed by atoms with van der Waals surface area (Å²) in [5.41, 5.74) is 0.152. The Labute approximate surface area is 78.8 Å². The number of halogens is 2. The van der Waals surface area contributed by atoms with Gasteiger partial charge in [-0.25, -0.2) is 8.78 Å². The standard InChI is InChI=1S/C8H9F2NO3/c1-2-13-7(12)4-5-3-6(8(9)10)14-11-5/h3,8H,2,4H2,1H3. The fourth-order valence-electron chi connectivity index (χ4n) is 0.874. The second kappa shape index (κ2) is 4.69. The van der Waals surface area contributed by atoms with Crippen LogP contribution in [0.4, 0.5) is 8.78 Å². The molecule has 0 bridgehead atoms. The Bertz CT molecular complexity index is 311. The highest BCUT2D eigenvalue weighted by molar-refractivity contribution is 5.71. The van der Waals surface area contributed by atoms with E-state index in [4.69, 9.17) is 0 Å². The maximum Gasteiger partial charge on any atom is 0.311 e. The Kier molecular flexibility index (Phi) is 3.55. The second-order valence-electron chi connectivity index (χ2n) is 2.50. The SMILES string of the molecule is CCOC(=O)Cc1cc(C(F)F)on1. The first-order valence-corrected chi connectivity index (χ1v) is 4.02. The maximum absolute atomic E-state index is 12.0. The van der Waals surface area contributed by atoms with E-state index < -0.39 is 18.2 Å². The maximum atomic E-state index is 12.0. The molecular weight excluding hydrogens is 196 g/mol. The average Bonchev–Trinajstić information content (AvgIpc) is 2.53. The van der Waals surface area contributed by atoms with E-state index in [-0.39, 0.29) is 18.7 Å². The van der Waals surface area contributed by atoms with E-state index in [1.165, 1.54) is 0 Å². The number of rotatable bonds is 4. The van der Waals surface area contributed by atoms with Crippen molar-refractivity contribution in [2.75, 3.05) is 6.61 Å². The van der Waals surface area contributed by atoms with E-state index in [1.54, 1.807) is 6.92 Å². The Morgan fingerprint density at radius 2 is 2.43 bits per heavy atom. The molecule has 4 nitrogen and oxygen atoms in total. The highest BCUT2D eigenvalue weighted by Crippen LogP contribution is 2.19. The number of carbonyl (C=O) groups is 1. The Morgan fingerprint density at radius 1 is 1.71 bits per heavy atom. The fraction of sp³-hybridized carbons (Fsp3) is 0.500. The van der Waals surface area contributed by atoms with Gasteiger partial charge in [0.15, 0.2) is 0 Å². The molecule has 1 heterocycles. The molecule has 0 saturated heterocycles. The van der Waals surface area contributed by atoms with E-state index in [0.29, 0.717) is 0 Å². The number of carbonyl (C=O) groups excluding carboxylic acids is 1. The summed E-state index contributed by atoms with van der Waals surface area (Å²) in [4.78, 5) is 10.9. The highest BCUT2D eigenvalue weighted by Gasteiger charge is 2.16. The monoisotopic (exact) mass is 205 g/mol. The van der Waals surface area contributed by atoms with Gasteiger partial charge >= 0.3 is 5.97 Å². The lowest BCUT2D eigenvalue weighted by Crippen LogP contribution is -2.07. The van der Waals surface area contributed by atoms with Crippen LogP contribution in [0.3, 0.4) is 0 Å². The summed E-state index contributed by atoms with van der Waals surface area (Å²) >= 11 is 0. The van der Waals surface area contributed by atoms with Crippen LogP contribution in [0.2, 0.25) is 0 Å². The molecule has 0 unspecified atom stereocenters. The summed E-state index contributed by atoms with van der Waals surface area (Å²) in [6.45, 7) is 1.91. The topological polar surface area (TPSA) is 52.3 Å². The van der Waals surface area contributed by atoms with E-state index in [2.05, 4.69) is 14.4 Å². The molecule has 0 amide bonds. The summed E-state index contributed by atoms with van der Waals surface area (Å²) in [5.74, 6) is -1.05. The predicted octanol–water partition coefficient (Wildman–Crippen LogP) is 1.72. The first-order valence-electron chi connectivity index (χ1n) is 4.02. The molecule has 1 aromatic rings. The van der Waals surface area contributed by atoms with Crippen LogP contribution in [0.1, 0.15) is 24.8 Å². The van der Waals surface area contributed by atoms with Crippen LogP contribution >= 0.6 is 0 Å². The van der Waals surface area contributed by atoms with Crippen molar-refractivity contribution in [3.63, 3.8) is 0 Å². The number of ether oxygens (including phenoxy) is 1. The number of hydrogen-bond donors (Lipinski definition) is 0. The molecule has 0 spiro atoms. The minimum absolute atomic E-state index is 0.149. The van der Waals surface area contributed by atoms with Crippen LogP contribution in [0, 0.1) is 0 Å².